The zero-order chi connectivity index (χ0) is 21.7. The van der Waals surface area contributed by atoms with Gasteiger partial charge in [0.25, 0.3) is 5.91 Å². The SMILES string of the molecule is Cn1cnc(-c2ccc3c(c2)CN(C2CCC(=O)NC2=O)C3=O)c1-c1cccc(F)c1. The number of benzene rings is 2. The number of amides is 3. The van der Waals surface area contributed by atoms with Crippen LogP contribution < -0.4 is 5.32 Å². The second-order valence-corrected chi connectivity index (χ2v) is 7.83. The van der Waals surface area contributed by atoms with Crippen molar-refractivity contribution in [3.05, 3.63) is 65.7 Å². The molecule has 1 unspecified atom stereocenters. The van der Waals surface area contributed by atoms with E-state index in [0.29, 0.717) is 23.2 Å². The second-order valence-electron chi connectivity index (χ2n) is 7.83. The molecule has 3 aromatic rings. The molecule has 0 saturated carbocycles. The normalized spacial score (nSPS) is 18.3. The van der Waals surface area contributed by atoms with Crippen LogP contribution in [0.4, 0.5) is 4.39 Å². The fourth-order valence-electron chi connectivity index (χ4n) is 4.34. The van der Waals surface area contributed by atoms with Gasteiger partial charge >= 0.3 is 0 Å². The van der Waals surface area contributed by atoms with Gasteiger partial charge in [0.05, 0.1) is 17.7 Å². The molecule has 1 aromatic heterocycles. The highest BCUT2D eigenvalue weighted by molar-refractivity contribution is 6.05. The molecule has 1 N–H and O–H groups in total. The maximum absolute atomic E-state index is 13.8. The molecule has 0 spiro atoms. The topological polar surface area (TPSA) is 84.3 Å². The Morgan fingerprint density at radius 3 is 2.71 bits per heavy atom. The number of nitrogens with zero attached hydrogens (tertiary/aromatic N) is 3. The summed E-state index contributed by atoms with van der Waals surface area (Å²) in [5.41, 5.74) is 4.29. The maximum Gasteiger partial charge on any atom is 0.255 e. The Balaban J connectivity index is 1.50. The Labute approximate surface area is 177 Å². The van der Waals surface area contributed by atoms with Gasteiger partial charge < -0.3 is 9.47 Å². The van der Waals surface area contributed by atoms with Crippen molar-refractivity contribution >= 4 is 17.7 Å². The van der Waals surface area contributed by atoms with E-state index in [2.05, 4.69) is 10.3 Å². The smallest absolute Gasteiger partial charge is 0.255 e. The van der Waals surface area contributed by atoms with Gasteiger partial charge in [-0.2, -0.15) is 0 Å². The zero-order valence-electron chi connectivity index (χ0n) is 16.8. The van der Waals surface area contributed by atoms with Gasteiger partial charge in [0.15, 0.2) is 0 Å². The number of nitrogens with one attached hydrogen (secondary N) is 1. The lowest BCUT2D eigenvalue weighted by molar-refractivity contribution is -0.136. The Morgan fingerprint density at radius 2 is 1.94 bits per heavy atom. The van der Waals surface area contributed by atoms with Crippen molar-refractivity contribution in [2.45, 2.75) is 25.4 Å². The van der Waals surface area contributed by atoms with Crippen molar-refractivity contribution in [3.63, 3.8) is 0 Å². The first-order valence-corrected chi connectivity index (χ1v) is 9.97. The van der Waals surface area contributed by atoms with E-state index in [1.807, 2.05) is 29.8 Å². The van der Waals surface area contributed by atoms with Crippen molar-refractivity contribution in [3.8, 4) is 22.5 Å². The Morgan fingerprint density at radius 1 is 1.10 bits per heavy atom. The minimum absolute atomic E-state index is 0.215. The number of hydrogen-bond donors (Lipinski definition) is 1. The fourth-order valence-corrected chi connectivity index (χ4v) is 4.34. The van der Waals surface area contributed by atoms with E-state index in [-0.39, 0.29) is 30.6 Å². The van der Waals surface area contributed by atoms with E-state index in [4.69, 9.17) is 0 Å². The van der Waals surface area contributed by atoms with Crippen LogP contribution in [0, 0.1) is 5.82 Å². The van der Waals surface area contributed by atoms with Crippen LogP contribution in [0.1, 0.15) is 28.8 Å². The molecule has 1 saturated heterocycles. The molecule has 7 nitrogen and oxygen atoms in total. The number of aryl methyl sites for hydroxylation is 1. The number of carbonyl (C=O) groups excluding carboxylic acids is 3. The van der Waals surface area contributed by atoms with E-state index in [0.717, 1.165) is 16.8 Å². The van der Waals surface area contributed by atoms with Gasteiger partial charge in [-0.1, -0.05) is 18.2 Å². The van der Waals surface area contributed by atoms with Crippen LogP contribution in [0.3, 0.4) is 0 Å². The summed E-state index contributed by atoms with van der Waals surface area (Å²) in [6.07, 6.45) is 2.21. The molecule has 0 aliphatic carbocycles. The van der Waals surface area contributed by atoms with E-state index in [9.17, 15) is 18.8 Å². The van der Waals surface area contributed by atoms with Gasteiger partial charge in [-0.3, -0.25) is 19.7 Å². The molecule has 156 valence electrons. The predicted octanol–water partition coefficient (Wildman–Crippen LogP) is 2.65. The van der Waals surface area contributed by atoms with E-state index < -0.39 is 11.9 Å². The minimum atomic E-state index is -0.654. The molecule has 31 heavy (non-hydrogen) atoms. The van der Waals surface area contributed by atoms with E-state index in [1.54, 1.807) is 18.5 Å². The highest BCUT2D eigenvalue weighted by Gasteiger charge is 2.39. The number of imide groups is 1. The quantitative estimate of drug-likeness (QED) is 0.663. The van der Waals surface area contributed by atoms with E-state index >= 15 is 0 Å². The summed E-state index contributed by atoms with van der Waals surface area (Å²) in [5.74, 6) is -1.30. The lowest BCUT2D eigenvalue weighted by atomic mass is 10.0. The third-order valence-electron chi connectivity index (χ3n) is 5.83. The third-order valence-corrected chi connectivity index (χ3v) is 5.83. The highest BCUT2D eigenvalue weighted by atomic mass is 19.1. The summed E-state index contributed by atoms with van der Waals surface area (Å²) in [6, 6.07) is 11.1. The molecule has 1 atom stereocenters. The number of carbonyl (C=O) groups is 3. The number of imidazole rings is 1. The van der Waals surface area contributed by atoms with Crippen molar-refractivity contribution in [2.75, 3.05) is 0 Å². The molecule has 2 aliphatic heterocycles. The van der Waals surface area contributed by atoms with Gasteiger partial charge in [0, 0.05) is 36.7 Å². The lowest BCUT2D eigenvalue weighted by Crippen LogP contribution is -2.52. The van der Waals surface area contributed by atoms with Crippen LogP contribution in [0.15, 0.2) is 48.8 Å². The average molecular weight is 418 g/mol. The third kappa shape index (κ3) is 3.20. The van der Waals surface area contributed by atoms with Crippen LogP contribution in [0.25, 0.3) is 22.5 Å². The van der Waals surface area contributed by atoms with Crippen LogP contribution in [0.5, 0.6) is 0 Å². The van der Waals surface area contributed by atoms with Crippen LogP contribution in [-0.2, 0) is 23.2 Å². The fraction of sp³-hybridized carbons (Fsp3) is 0.217. The van der Waals surface area contributed by atoms with Crippen molar-refractivity contribution in [1.29, 1.82) is 0 Å². The van der Waals surface area contributed by atoms with Crippen LogP contribution >= 0.6 is 0 Å². The summed E-state index contributed by atoms with van der Waals surface area (Å²) in [5, 5.41) is 2.31. The predicted molar refractivity (Wildman–Crippen MR) is 110 cm³/mol. The van der Waals surface area contributed by atoms with Gasteiger partial charge in [0.1, 0.15) is 11.9 Å². The molecule has 3 amide bonds. The number of rotatable bonds is 3. The molecular formula is C23H19FN4O3. The first kappa shape index (κ1) is 19.2. The zero-order valence-corrected chi connectivity index (χ0v) is 16.8. The molecule has 1 fully saturated rings. The largest absolute Gasteiger partial charge is 0.333 e. The maximum atomic E-state index is 13.8. The van der Waals surface area contributed by atoms with Gasteiger partial charge in [0.2, 0.25) is 11.8 Å². The summed E-state index contributed by atoms with van der Waals surface area (Å²) in [6.45, 7) is 0.288. The lowest BCUT2D eigenvalue weighted by Gasteiger charge is -2.29. The molecule has 0 radical (unpaired) electrons. The molecule has 0 bridgehead atoms. The Bertz CT molecular complexity index is 1250. The van der Waals surface area contributed by atoms with Gasteiger partial charge in [-0.15, -0.1) is 0 Å². The monoisotopic (exact) mass is 418 g/mol. The van der Waals surface area contributed by atoms with Gasteiger partial charge in [-0.25, -0.2) is 9.37 Å². The molecule has 5 rings (SSSR count). The van der Waals surface area contributed by atoms with Crippen molar-refractivity contribution < 1.29 is 18.8 Å². The van der Waals surface area contributed by atoms with Gasteiger partial charge in [-0.05, 0) is 36.2 Å². The summed E-state index contributed by atoms with van der Waals surface area (Å²) >= 11 is 0. The van der Waals surface area contributed by atoms with Crippen molar-refractivity contribution in [2.24, 2.45) is 7.05 Å². The highest BCUT2D eigenvalue weighted by Crippen LogP contribution is 2.35. The Kier molecular flexibility index (Phi) is 4.43. The number of halogens is 1. The first-order valence-electron chi connectivity index (χ1n) is 9.97. The summed E-state index contributed by atoms with van der Waals surface area (Å²) in [4.78, 5) is 42.6. The average Bonchev–Trinajstić information content (AvgIpc) is 3.28. The summed E-state index contributed by atoms with van der Waals surface area (Å²) < 4.78 is 15.6. The molecule has 2 aliphatic rings. The number of hydrogen-bond acceptors (Lipinski definition) is 4. The minimum Gasteiger partial charge on any atom is -0.333 e. The van der Waals surface area contributed by atoms with Crippen LogP contribution in [0.2, 0.25) is 0 Å². The number of fused-ring (bicyclic) bond motifs is 1. The van der Waals surface area contributed by atoms with E-state index in [1.165, 1.54) is 17.0 Å². The van der Waals surface area contributed by atoms with Crippen LogP contribution in [-0.4, -0.2) is 38.2 Å². The molecular weight excluding hydrogens is 399 g/mol. The van der Waals surface area contributed by atoms with Crippen molar-refractivity contribution in [1.82, 2.24) is 19.8 Å². The number of piperidine rings is 1. The Hall–Kier alpha value is -3.81. The number of aromatic nitrogens is 2. The molecule has 3 heterocycles. The standard InChI is InChI=1S/C23H19FN4O3/c1-27-12-25-20(21(27)14-3-2-4-16(24)10-14)13-5-6-17-15(9-13)11-28(23(17)31)18-7-8-19(29)26-22(18)30/h2-6,9-10,12,18H,7-8,11H2,1H3,(H,26,29,30). The molecule has 2 aromatic carbocycles. The molecule has 8 heteroatoms. The summed E-state index contributed by atoms with van der Waals surface area (Å²) in [7, 11) is 1.85. The second kappa shape index (κ2) is 7.16. The first-order chi connectivity index (χ1) is 14.9.